The van der Waals surface area contributed by atoms with Crippen LogP contribution in [-0.2, 0) is 0 Å². The molecule has 76 valence electrons. The highest BCUT2D eigenvalue weighted by Crippen LogP contribution is 2.67. The van der Waals surface area contributed by atoms with Crippen LogP contribution >= 0.6 is 7.92 Å². The summed E-state index contributed by atoms with van der Waals surface area (Å²) >= 11 is 0. The topological polar surface area (TPSA) is 0 Å². The molecular weight excluding hydrogens is 199 g/mol. The molecule has 0 amide bonds. The van der Waals surface area contributed by atoms with E-state index >= 15 is 0 Å². The van der Waals surface area contributed by atoms with E-state index in [2.05, 4.69) is 55.8 Å². The third-order valence-electron chi connectivity index (χ3n) is 3.70. The lowest BCUT2D eigenvalue weighted by Crippen LogP contribution is -2.17. The van der Waals surface area contributed by atoms with Crippen molar-refractivity contribution in [3.8, 4) is 0 Å². The fourth-order valence-electron chi connectivity index (χ4n) is 2.63. The van der Waals surface area contributed by atoms with Crippen LogP contribution in [0.1, 0.15) is 19.4 Å². The van der Waals surface area contributed by atoms with E-state index in [1.807, 2.05) is 0 Å². The van der Waals surface area contributed by atoms with Gasteiger partial charge in [0.05, 0.1) is 0 Å². The number of rotatable bonds is 1. The highest BCUT2D eigenvalue weighted by molar-refractivity contribution is 7.65. The first-order chi connectivity index (χ1) is 7.20. The monoisotopic (exact) mass is 214 g/mol. The van der Waals surface area contributed by atoms with Crippen LogP contribution in [0.4, 0.5) is 0 Å². The van der Waals surface area contributed by atoms with Gasteiger partial charge in [0.1, 0.15) is 0 Å². The maximum Gasteiger partial charge on any atom is 0.0185 e. The zero-order valence-electron chi connectivity index (χ0n) is 9.20. The first kappa shape index (κ1) is 9.36. The number of hydrogen-bond donors (Lipinski definition) is 0. The maximum atomic E-state index is 2.51. The molecule has 2 bridgehead atoms. The van der Waals surface area contributed by atoms with Crippen molar-refractivity contribution in [3.63, 3.8) is 0 Å². The number of hydrogen-bond acceptors (Lipinski definition) is 0. The number of allylic oxidation sites excluding steroid dienone is 2. The fourth-order valence-corrected chi connectivity index (χ4v) is 5.58. The summed E-state index contributed by atoms with van der Waals surface area (Å²) in [5, 5.41) is 0. The molecule has 0 fully saturated rings. The van der Waals surface area contributed by atoms with Crippen molar-refractivity contribution in [2.45, 2.75) is 13.8 Å². The Morgan fingerprint density at radius 3 is 2.47 bits per heavy atom. The van der Waals surface area contributed by atoms with E-state index in [0.717, 1.165) is 0 Å². The second kappa shape index (κ2) is 3.06. The van der Waals surface area contributed by atoms with Crippen molar-refractivity contribution in [1.82, 2.24) is 0 Å². The highest BCUT2D eigenvalue weighted by atomic mass is 31.1. The van der Waals surface area contributed by atoms with Crippen molar-refractivity contribution < 1.29 is 0 Å². The molecule has 0 nitrogen and oxygen atoms in total. The largest absolute Gasteiger partial charge is 0.0622 e. The predicted molar refractivity (Wildman–Crippen MR) is 68.1 cm³/mol. The van der Waals surface area contributed by atoms with Crippen molar-refractivity contribution in [1.29, 1.82) is 0 Å². The molecular formula is C14H15P. The molecule has 0 saturated carbocycles. The van der Waals surface area contributed by atoms with Crippen LogP contribution in [0.25, 0.3) is 5.57 Å². The smallest absolute Gasteiger partial charge is 0.0185 e. The molecule has 0 radical (unpaired) electrons. The third kappa shape index (κ3) is 1.25. The summed E-state index contributed by atoms with van der Waals surface area (Å²) in [5.74, 6) is 5.00. The fraction of sp³-hybridized carbons (Fsp3) is 0.286. The van der Waals surface area contributed by atoms with Crippen LogP contribution in [0.5, 0.6) is 0 Å². The Bertz CT molecular complexity index is 455. The third-order valence-corrected chi connectivity index (χ3v) is 6.01. The summed E-state index contributed by atoms with van der Waals surface area (Å²) in [7, 11) is 0.0562. The second-order valence-electron chi connectivity index (χ2n) is 4.73. The molecule has 3 rings (SSSR count). The van der Waals surface area contributed by atoms with Gasteiger partial charge in [0.25, 0.3) is 0 Å². The Morgan fingerprint density at radius 2 is 1.87 bits per heavy atom. The second-order valence-corrected chi connectivity index (χ2v) is 6.59. The van der Waals surface area contributed by atoms with Crippen molar-refractivity contribution in [2.75, 3.05) is 6.16 Å². The van der Waals surface area contributed by atoms with Crippen molar-refractivity contribution in [3.05, 3.63) is 53.1 Å². The molecule has 1 aromatic carbocycles. The standard InChI is InChI=1S/C14H15P/c1-11-8-15-9-13(14(11,2)10-15)12-6-4-3-5-7-12/h3-9H,10H2,1-2H3. The summed E-state index contributed by atoms with van der Waals surface area (Å²) in [5.41, 5.74) is 4.90. The minimum absolute atomic E-state index is 0.0562. The zero-order valence-corrected chi connectivity index (χ0v) is 10.1. The van der Waals surface area contributed by atoms with E-state index in [0.29, 0.717) is 5.41 Å². The van der Waals surface area contributed by atoms with Crippen molar-refractivity contribution >= 4 is 13.5 Å². The molecule has 1 aromatic rings. The minimum Gasteiger partial charge on any atom is -0.0622 e. The summed E-state index contributed by atoms with van der Waals surface area (Å²) in [6, 6.07) is 10.8. The lowest BCUT2D eigenvalue weighted by molar-refractivity contribution is 0.630. The van der Waals surface area contributed by atoms with Gasteiger partial charge in [0.15, 0.2) is 0 Å². The molecule has 0 aromatic heterocycles. The van der Waals surface area contributed by atoms with Crippen LogP contribution < -0.4 is 0 Å². The average molecular weight is 214 g/mol. The van der Waals surface area contributed by atoms with Crippen LogP contribution in [0.2, 0.25) is 0 Å². The molecule has 15 heavy (non-hydrogen) atoms. The van der Waals surface area contributed by atoms with E-state index in [9.17, 15) is 0 Å². The summed E-state index contributed by atoms with van der Waals surface area (Å²) in [6.45, 7) is 4.69. The molecule has 2 atom stereocenters. The van der Waals surface area contributed by atoms with Crippen LogP contribution in [0, 0.1) is 5.41 Å². The lowest BCUT2D eigenvalue weighted by atomic mass is 9.76. The van der Waals surface area contributed by atoms with Crippen LogP contribution in [-0.4, -0.2) is 6.16 Å². The molecule has 1 heteroatoms. The summed E-state index contributed by atoms with van der Waals surface area (Å²) < 4.78 is 0. The van der Waals surface area contributed by atoms with Gasteiger partial charge in [-0.3, -0.25) is 0 Å². The van der Waals surface area contributed by atoms with E-state index < -0.39 is 0 Å². The Balaban J connectivity index is 2.08. The van der Waals surface area contributed by atoms with Gasteiger partial charge < -0.3 is 0 Å². The quantitative estimate of drug-likeness (QED) is 0.606. The van der Waals surface area contributed by atoms with Gasteiger partial charge in [-0.05, 0) is 24.2 Å². The van der Waals surface area contributed by atoms with Gasteiger partial charge in [-0.25, -0.2) is 0 Å². The van der Waals surface area contributed by atoms with E-state index in [-0.39, 0.29) is 7.92 Å². The van der Waals surface area contributed by atoms with Gasteiger partial charge in [-0.2, -0.15) is 0 Å². The SMILES string of the molecule is CC1=CP2C=C(c3ccccc3)C1(C)C2. The zero-order chi connectivity index (χ0) is 10.5. The average Bonchev–Trinajstić information content (AvgIpc) is 2.71. The summed E-state index contributed by atoms with van der Waals surface area (Å²) in [4.78, 5) is 0. The first-order valence-corrected chi connectivity index (χ1v) is 7.09. The van der Waals surface area contributed by atoms with Gasteiger partial charge in [-0.15, -0.1) is 0 Å². The number of benzene rings is 1. The first-order valence-electron chi connectivity index (χ1n) is 5.42. The molecule has 0 spiro atoms. The molecule has 0 saturated heterocycles. The predicted octanol–water partition coefficient (Wildman–Crippen LogP) is 4.45. The normalized spacial score (nSPS) is 32.8. The Morgan fingerprint density at radius 1 is 1.13 bits per heavy atom. The molecule has 0 aliphatic carbocycles. The van der Waals surface area contributed by atoms with E-state index in [4.69, 9.17) is 0 Å². The van der Waals surface area contributed by atoms with E-state index in [1.54, 1.807) is 11.1 Å². The van der Waals surface area contributed by atoms with Gasteiger partial charge >= 0.3 is 0 Å². The van der Waals surface area contributed by atoms with Crippen LogP contribution in [0.15, 0.2) is 47.5 Å². The Labute approximate surface area is 92.5 Å². The van der Waals surface area contributed by atoms with Crippen molar-refractivity contribution in [2.24, 2.45) is 5.41 Å². The Kier molecular flexibility index (Phi) is 1.91. The van der Waals surface area contributed by atoms with Crippen LogP contribution in [0.3, 0.4) is 0 Å². The molecule has 2 aliphatic rings. The molecule has 2 aliphatic heterocycles. The van der Waals surface area contributed by atoms with E-state index in [1.165, 1.54) is 11.7 Å². The lowest BCUT2D eigenvalue weighted by Gasteiger charge is -2.27. The van der Waals surface area contributed by atoms with Gasteiger partial charge in [0, 0.05) is 5.41 Å². The summed E-state index contributed by atoms with van der Waals surface area (Å²) in [6.07, 6.45) is 1.35. The Hall–Kier alpha value is -0.870. The number of fused-ring (bicyclic) bond motifs is 2. The van der Waals surface area contributed by atoms with Gasteiger partial charge in [-0.1, -0.05) is 62.4 Å². The molecule has 0 N–H and O–H groups in total. The minimum atomic E-state index is 0.0562. The highest BCUT2D eigenvalue weighted by Gasteiger charge is 2.43. The maximum absolute atomic E-state index is 2.51. The van der Waals surface area contributed by atoms with Gasteiger partial charge in [0.2, 0.25) is 0 Å². The molecule has 2 heterocycles. The molecule has 2 unspecified atom stereocenters.